The lowest BCUT2D eigenvalue weighted by Crippen LogP contribution is -2.30. The molecular weight excluding hydrogens is 472 g/mol. The summed E-state index contributed by atoms with van der Waals surface area (Å²) in [7, 11) is 1.54. The van der Waals surface area contributed by atoms with Crippen LogP contribution in [0.5, 0.6) is 5.75 Å². The van der Waals surface area contributed by atoms with E-state index in [0.29, 0.717) is 41.1 Å². The maximum atomic E-state index is 13.5. The minimum atomic E-state index is -0.501. The number of ether oxygens (including phenoxy) is 1. The molecule has 10 heteroatoms. The number of aromatic nitrogens is 2. The molecule has 4 rings (SSSR count). The summed E-state index contributed by atoms with van der Waals surface area (Å²) in [5, 5.41) is 11.3. The highest BCUT2D eigenvalue weighted by Gasteiger charge is 2.30. The van der Waals surface area contributed by atoms with Crippen molar-refractivity contribution in [2.24, 2.45) is 5.73 Å². The first-order valence-electron chi connectivity index (χ1n) is 12.1. The Morgan fingerprint density at radius 3 is 2.51 bits per heavy atom. The molecule has 0 atom stereocenters. The van der Waals surface area contributed by atoms with Gasteiger partial charge in [0, 0.05) is 24.7 Å². The number of imidazole rings is 1. The molecule has 3 aromatic rings. The summed E-state index contributed by atoms with van der Waals surface area (Å²) in [4.78, 5) is 43.6. The third kappa shape index (κ3) is 4.91. The van der Waals surface area contributed by atoms with E-state index < -0.39 is 5.91 Å². The zero-order valence-electron chi connectivity index (χ0n) is 21.8. The van der Waals surface area contributed by atoms with Gasteiger partial charge in [0.05, 0.1) is 36.1 Å². The summed E-state index contributed by atoms with van der Waals surface area (Å²) in [5.74, 6) is -0.353. The zero-order chi connectivity index (χ0) is 27.1. The van der Waals surface area contributed by atoms with Gasteiger partial charge in [0.15, 0.2) is 5.78 Å². The van der Waals surface area contributed by atoms with Crippen LogP contribution >= 0.6 is 0 Å². The van der Waals surface area contributed by atoms with E-state index in [-0.39, 0.29) is 36.0 Å². The number of benzene rings is 2. The number of hydrogen-bond donors (Lipinski definition) is 3. The van der Waals surface area contributed by atoms with Crippen LogP contribution in [-0.2, 0) is 23.3 Å². The Labute approximate surface area is 215 Å². The quantitative estimate of drug-likeness (QED) is 0.402. The number of nitrogens with two attached hydrogens (primary N) is 1. The molecule has 1 aromatic heterocycles. The zero-order valence-corrected chi connectivity index (χ0v) is 21.8. The minimum Gasteiger partial charge on any atom is -0.493 e. The molecule has 0 saturated carbocycles. The summed E-state index contributed by atoms with van der Waals surface area (Å²) < 4.78 is 7.31. The van der Waals surface area contributed by atoms with E-state index >= 15 is 0 Å². The smallest absolute Gasteiger partial charge is 0.254 e. The third-order valence-corrected chi connectivity index (χ3v) is 6.43. The molecule has 2 amide bonds. The van der Waals surface area contributed by atoms with Crippen LogP contribution in [0.1, 0.15) is 65.1 Å². The lowest BCUT2D eigenvalue weighted by Gasteiger charge is -2.22. The molecule has 10 nitrogen and oxygen atoms in total. The second kappa shape index (κ2) is 9.68. The van der Waals surface area contributed by atoms with Crippen LogP contribution in [0.3, 0.4) is 0 Å². The summed E-state index contributed by atoms with van der Waals surface area (Å²) >= 11 is 0. The lowest BCUT2D eigenvalue weighted by atomic mass is 9.84. The number of nitrogens with one attached hydrogen (secondary N) is 2. The monoisotopic (exact) mass is 504 g/mol. The fourth-order valence-electron chi connectivity index (χ4n) is 4.60. The maximum Gasteiger partial charge on any atom is 0.254 e. The second-order valence-corrected chi connectivity index (χ2v) is 10.1. The molecule has 0 radical (unpaired) electrons. The Hall–Kier alpha value is -4.21. The van der Waals surface area contributed by atoms with Crippen molar-refractivity contribution >= 4 is 34.5 Å². The van der Waals surface area contributed by atoms with Crippen LogP contribution in [0.4, 0.5) is 0 Å². The molecule has 1 aliphatic rings. The molecule has 0 unspecified atom stereocenters. The van der Waals surface area contributed by atoms with Gasteiger partial charge >= 0.3 is 0 Å². The van der Waals surface area contributed by atoms with Gasteiger partial charge in [0.1, 0.15) is 18.1 Å². The SMILES string of the molecule is CCOc1cc2c(cc1C(=O)NC)C(=N)N(CC(=O)c1cc(C(C)(C)C)c3ncn(CC(N)=O)c3c1)C2. The van der Waals surface area contributed by atoms with Crippen LogP contribution in [0, 0.1) is 5.41 Å². The maximum absolute atomic E-state index is 13.5. The first-order valence-corrected chi connectivity index (χ1v) is 12.1. The van der Waals surface area contributed by atoms with Gasteiger partial charge in [0.2, 0.25) is 5.91 Å². The van der Waals surface area contributed by atoms with Crippen molar-refractivity contribution in [3.05, 3.63) is 58.4 Å². The number of carbonyl (C=O) groups is 3. The third-order valence-electron chi connectivity index (χ3n) is 6.43. The summed E-state index contributed by atoms with van der Waals surface area (Å²) in [6, 6.07) is 7.00. The van der Waals surface area contributed by atoms with Gasteiger partial charge in [-0.2, -0.15) is 0 Å². The highest BCUT2D eigenvalue weighted by Crippen LogP contribution is 2.33. The Morgan fingerprint density at radius 1 is 1.16 bits per heavy atom. The molecular formula is C27H32N6O4. The standard InChI is InChI=1S/C27H32N6O4/c1-6-37-22-9-16-11-32(25(29)17(16)10-18(22)26(36)30-5)12-21(34)15-7-19(27(2,3)4)24-20(8-15)33(14-31-24)13-23(28)35/h7-10,14,29H,6,11-13H2,1-5H3,(H2,28,35)(H,30,36). The number of rotatable bonds is 8. The number of primary amides is 1. The number of nitrogens with zero attached hydrogens (tertiary/aromatic N) is 3. The highest BCUT2D eigenvalue weighted by atomic mass is 16.5. The number of ketones is 1. The van der Waals surface area contributed by atoms with E-state index in [2.05, 4.69) is 10.3 Å². The van der Waals surface area contributed by atoms with E-state index in [9.17, 15) is 14.4 Å². The normalized spacial score (nSPS) is 13.1. The first-order chi connectivity index (χ1) is 17.4. The Bertz CT molecular complexity index is 1430. The van der Waals surface area contributed by atoms with Crippen molar-refractivity contribution in [2.75, 3.05) is 20.2 Å². The fourth-order valence-corrected chi connectivity index (χ4v) is 4.60. The van der Waals surface area contributed by atoms with Gasteiger partial charge < -0.3 is 25.3 Å². The molecule has 0 aliphatic carbocycles. The highest BCUT2D eigenvalue weighted by molar-refractivity contribution is 6.08. The summed E-state index contributed by atoms with van der Waals surface area (Å²) in [6.45, 7) is 8.63. The molecule has 0 fully saturated rings. The van der Waals surface area contributed by atoms with Gasteiger partial charge in [-0.25, -0.2) is 4.98 Å². The molecule has 0 spiro atoms. The lowest BCUT2D eigenvalue weighted by molar-refractivity contribution is -0.118. The number of amidine groups is 1. The van der Waals surface area contributed by atoms with Crippen LogP contribution in [0.2, 0.25) is 0 Å². The van der Waals surface area contributed by atoms with Crippen molar-refractivity contribution in [1.82, 2.24) is 19.8 Å². The molecule has 2 heterocycles. The molecule has 0 bridgehead atoms. The van der Waals surface area contributed by atoms with Crippen molar-refractivity contribution in [1.29, 1.82) is 5.41 Å². The number of fused-ring (bicyclic) bond motifs is 2. The first kappa shape index (κ1) is 25.9. The largest absolute Gasteiger partial charge is 0.493 e. The number of hydrogen-bond acceptors (Lipinski definition) is 6. The van der Waals surface area contributed by atoms with E-state index in [1.165, 1.54) is 0 Å². The van der Waals surface area contributed by atoms with Gasteiger partial charge in [-0.15, -0.1) is 0 Å². The van der Waals surface area contributed by atoms with E-state index in [1.807, 2.05) is 33.8 Å². The molecule has 2 aromatic carbocycles. The second-order valence-electron chi connectivity index (χ2n) is 10.1. The van der Waals surface area contributed by atoms with Gasteiger partial charge in [-0.05, 0) is 47.7 Å². The van der Waals surface area contributed by atoms with Crippen molar-refractivity contribution in [3.63, 3.8) is 0 Å². The minimum absolute atomic E-state index is 0.0220. The molecule has 4 N–H and O–H groups in total. The van der Waals surface area contributed by atoms with Gasteiger partial charge in [-0.3, -0.25) is 19.8 Å². The van der Waals surface area contributed by atoms with Crippen molar-refractivity contribution in [2.45, 2.75) is 46.2 Å². The van der Waals surface area contributed by atoms with Gasteiger partial charge in [0.25, 0.3) is 5.91 Å². The van der Waals surface area contributed by atoms with E-state index in [1.54, 1.807) is 41.0 Å². The van der Waals surface area contributed by atoms with Crippen molar-refractivity contribution in [3.8, 4) is 5.75 Å². The van der Waals surface area contributed by atoms with Crippen LogP contribution in [-0.4, -0.2) is 58.1 Å². The number of carbonyl (C=O) groups excluding carboxylic acids is 3. The molecule has 1 aliphatic heterocycles. The Balaban J connectivity index is 1.67. The average Bonchev–Trinajstić information content (AvgIpc) is 3.36. The Kier molecular flexibility index (Phi) is 6.77. The molecule has 0 saturated heterocycles. The van der Waals surface area contributed by atoms with E-state index in [0.717, 1.165) is 16.6 Å². The van der Waals surface area contributed by atoms with Crippen LogP contribution < -0.4 is 15.8 Å². The van der Waals surface area contributed by atoms with Crippen LogP contribution in [0.15, 0.2) is 30.6 Å². The fraction of sp³-hybridized carbons (Fsp3) is 0.370. The van der Waals surface area contributed by atoms with Crippen LogP contribution in [0.25, 0.3) is 11.0 Å². The average molecular weight is 505 g/mol. The summed E-state index contributed by atoms with van der Waals surface area (Å²) in [5.41, 5.74) is 9.60. The predicted molar refractivity (Wildman–Crippen MR) is 140 cm³/mol. The topological polar surface area (TPSA) is 143 Å². The number of Topliss-reactive ketones (excluding diaryl/α,β-unsaturated/α-hetero) is 1. The van der Waals surface area contributed by atoms with Crippen molar-refractivity contribution < 1.29 is 19.1 Å². The molecule has 194 valence electrons. The molecule has 37 heavy (non-hydrogen) atoms. The predicted octanol–water partition coefficient (Wildman–Crippen LogP) is 2.60. The van der Waals surface area contributed by atoms with E-state index in [4.69, 9.17) is 15.9 Å². The summed E-state index contributed by atoms with van der Waals surface area (Å²) in [6.07, 6.45) is 1.56. The number of amides is 2. The Morgan fingerprint density at radius 2 is 1.89 bits per heavy atom. The van der Waals surface area contributed by atoms with Gasteiger partial charge in [-0.1, -0.05) is 20.8 Å².